The summed E-state index contributed by atoms with van der Waals surface area (Å²) >= 11 is 4.82. The van der Waals surface area contributed by atoms with Crippen LogP contribution in [0.1, 0.15) is 17.0 Å². The van der Waals surface area contributed by atoms with Crippen molar-refractivity contribution in [2.75, 3.05) is 0 Å². The van der Waals surface area contributed by atoms with Crippen molar-refractivity contribution < 1.29 is 13.2 Å². The molecule has 0 bridgehead atoms. The largest absolute Gasteiger partial charge is 0.416 e. The van der Waals surface area contributed by atoms with E-state index in [0.29, 0.717) is 11.4 Å². The van der Waals surface area contributed by atoms with E-state index < -0.39 is 11.7 Å². The summed E-state index contributed by atoms with van der Waals surface area (Å²) in [6.45, 7) is 0.233. The lowest BCUT2D eigenvalue weighted by Crippen LogP contribution is -2.17. The number of rotatable bonds is 3. The monoisotopic (exact) mass is 285 g/mol. The molecule has 0 aliphatic rings. The minimum Gasteiger partial charge on any atom is -0.387 e. The van der Waals surface area contributed by atoms with Crippen molar-refractivity contribution in [3.05, 3.63) is 53.6 Å². The lowest BCUT2D eigenvalue weighted by atomic mass is 10.1. The Morgan fingerprint density at radius 1 is 1.37 bits per heavy atom. The van der Waals surface area contributed by atoms with Crippen LogP contribution in [0, 0.1) is 0 Å². The lowest BCUT2D eigenvalue weighted by Gasteiger charge is -2.10. The number of thiocarbonyl (C=S) groups is 1. The Kier molecular flexibility index (Phi) is 3.57. The molecule has 3 nitrogen and oxygen atoms in total. The third kappa shape index (κ3) is 3.11. The van der Waals surface area contributed by atoms with Crippen LogP contribution in [0.5, 0.6) is 0 Å². The summed E-state index contributed by atoms with van der Waals surface area (Å²) in [5.41, 5.74) is 5.31. The van der Waals surface area contributed by atoms with E-state index in [1.807, 2.05) is 0 Å². The Hall–Kier alpha value is -1.89. The first kappa shape index (κ1) is 13.5. The molecule has 100 valence electrons. The predicted octanol–water partition coefficient (Wildman–Crippen LogP) is 2.58. The molecule has 0 radical (unpaired) electrons. The van der Waals surface area contributed by atoms with Gasteiger partial charge in [-0.15, -0.1) is 0 Å². The van der Waals surface area contributed by atoms with Gasteiger partial charge in [0, 0.05) is 18.9 Å². The average Bonchev–Trinajstić information content (AvgIpc) is 2.76. The highest BCUT2D eigenvalue weighted by Crippen LogP contribution is 2.29. The zero-order valence-corrected chi connectivity index (χ0v) is 10.5. The Morgan fingerprint density at radius 3 is 2.74 bits per heavy atom. The average molecular weight is 285 g/mol. The van der Waals surface area contributed by atoms with Gasteiger partial charge in [-0.25, -0.2) is 4.98 Å². The summed E-state index contributed by atoms with van der Waals surface area (Å²) in [5.74, 6) is 0.382. The first-order valence-corrected chi connectivity index (χ1v) is 5.76. The topological polar surface area (TPSA) is 43.8 Å². The Labute approximate surface area is 112 Å². The molecule has 1 aromatic carbocycles. The van der Waals surface area contributed by atoms with Gasteiger partial charge in [-0.3, -0.25) is 0 Å². The first-order valence-electron chi connectivity index (χ1n) is 5.35. The van der Waals surface area contributed by atoms with Crippen molar-refractivity contribution in [1.29, 1.82) is 0 Å². The summed E-state index contributed by atoms with van der Waals surface area (Å²) in [7, 11) is 0. The van der Waals surface area contributed by atoms with Gasteiger partial charge in [0.25, 0.3) is 0 Å². The van der Waals surface area contributed by atoms with Crippen molar-refractivity contribution in [3.63, 3.8) is 0 Å². The SMILES string of the molecule is NC(=S)c1nccn1Cc1cccc(C(F)(F)F)c1. The maximum Gasteiger partial charge on any atom is 0.416 e. The van der Waals surface area contributed by atoms with Crippen LogP contribution < -0.4 is 5.73 Å². The van der Waals surface area contributed by atoms with Gasteiger partial charge < -0.3 is 10.3 Å². The third-order valence-electron chi connectivity index (χ3n) is 2.54. The Bertz CT molecular complexity index is 604. The van der Waals surface area contributed by atoms with Gasteiger partial charge >= 0.3 is 6.18 Å². The second-order valence-electron chi connectivity index (χ2n) is 3.94. The van der Waals surface area contributed by atoms with Crippen LogP contribution in [0.2, 0.25) is 0 Å². The molecule has 0 unspecified atom stereocenters. The van der Waals surface area contributed by atoms with E-state index in [2.05, 4.69) is 4.98 Å². The minimum atomic E-state index is -4.35. The number of hydrogen-bond acceptors (Lipinski definition) is 2. The van der Waals surface area contributed by atoms with E-state index in [1.165, 1.54) is 12.3 Å². The summed E-state index contributed by atoms with van der Waals surface area (Å²) in [5, 5.41) is 0. The molecule has 2 N–H and O–H groups in total. The quantitative estimate of drug-likeness (QED) is 0.882. The molecule has 0 spiro atoms. The van der Waals surface area contributed by atoms with E-state index in [0.717, 1.165) is 12.1 Å². The summed E-state index contributed by atoms with van der Waals surface area (Å²) < 4.78 is 39.4. The molecule has 19 heavy (non-hydrogen) atoms. The minimum absolute atomic E-state index is 0.108. The number of halogens is 3. The van der Waals surface area contributed by atoms with Gasteiger partial charge in [-0.1, -0.05) is 24.4 Å². The smallest absolute Gasteiger partial charge is 0.387 e. The fraction of sp³-hybridized carbons (Fsp3) is 0.167. The van der Waals surface area contributed by atoms with Gasteiger partial charge in [-0.2, -0.15) is 13.2 Å². The molecule has 0 atom stereocenters. The molecule has 0 saturated carbocycles. The molecule has 0 aliphatic heterocycles. The number of imidazole rings is 1. The number of nitrogens with two attached hydrogens (primary N) is 1. The highest BCUT2D eigenvalue weighted by atomic mass is 32.1. The molecule has 0 fully saturated rings. The van der Waals surface area contributed by atoms with Crippen LogP contribution in [-0.4, -0.2) is 14.5 Å². The van der Waals surface area contributed by atoms with Crippen LogP contribution >= 0.6 is 12.2 Å². The van der Waals surface area contributed by atoms with Crippen molar-refractivity contribution in [2.24, 2.45) is 5.73 Å². The third-order valence-corrected chi connectivity index (χ3v) is 2.73. The maximum atomic E-state index is 12.6. The van der Waals surface area contributed by atoms with Crippen LogP contribution in [0.15, 0.2) is 36.7 Å². The lowest BCUT2D eigenvalue weighted by molar-refractivity contribution is -0.137. The van der Waals surface area contributed by atoms with Gasteiger partial charge in [0.05, 0.1) is 5.56 Å². The standard InChI is InChI=1S/C12H10F3N3S/c13-12(14,15)9-3-1-2-8(6-9)7-18-5-4-17-11(18)10(16)19/h1-6H,7H2,(H2,16,19). The number of alkyl halides is 3. The summed E-state index contributed by atoms with van der Waals surface area (Å²) in [6.07, 6.45) is -1.23. The fourth-order valence-corrected chi connectivity index (χ4v) is 1.87. The molecule has 0 amide bonds. The van der Waals surface area contributed by atoms with Crippen molar-refractivity contribution >= 4 is 17.2 Å². The Balaban J connectivity index is 2.29. The molecule has 2 aromatic rings. The van der Waals surface area contributed by atoms with Gasteiger partial charge in [0.15, 0.2) is 5.82 Å². The molecule has 1 heterocycles. The summed E-state index contributed by atoms with van der Waals surface area (Å²) in [6, 6.07) is 5.11. The highest BCUT2D eigenvalue weighted by molar-refractivity contribution is 7.80. The molecule has 0 saturated heterocycles. The maximum absolute atomic E-state index is 12.6. The van der Waals surface area contributed by atoms with E-state index in [-0.39, 0.29) is 11.5 Å². The number of nitrogens with zero attached hydrogens (tertiary/aromatic N) is 2. The van der Waals surface area contributed by atoms with E-state index >= 15 is 0 Å². The highest BCUT2D eigenvalue weighted by Gasteiger charge is 2.30. The van der Waals surface area contributed by atoms with E-state index in [9.17, 15) is 13.2 Å². The number of aromatic nitrogens is 2. The molecule has 7 heteroatoms. The van der Waals surface area contributed by atoms with Crippen LogP contribution in [0.25, 0.3) is 0 Å². The van der Waals surface area contributed by atoms with E-state index in [1.54, 1.807) is 16.8 Å². The van der Waals surface area contributed by atoms with Crippen LogP contribution in [-0.2, 0) is 12.7 Å². The number of benzene rings is 1. The van der Waals surface area contributed by atoms with Crippen LogP contribution in [0.4, 0.5) is 13.2 Å². The van der Waals surface area contributed by atoms with Crippen molar-refractivity contribution in [2.45, 2.75) is 12.7 Å². The fourth-order valence-electron chi connectivity index (χ4n) is 1.70. The van der Waals surface area contributed by atoms with Crippen molar-refractivity contribution in [1.82, 2.24) is 9.55 Å². The second kappa shape index (κ2) is 5.00. The van der Waals surface area contributed by atoms with Gasteiger partial charge in [0.1, 0.15) is 4.99 Å². The zero-order chi connectivity index (χ0) is 14.0. The Morgan fingerprint density at radius 2 is 2.11 bits per heavy atom. The molecular weight excluding hydrogens is 275 g/mol. The van der Waals surface area contributed by atoms with Crippen LogP contribution in [0.3, 0.4) is 0 Å². The molecule has 2 rings (SSSR count). The van der Waals surface area contributed by atoms with E-state index in [4.69, 9.17) is 18.0 Å². The van der Waals surface area contributed by atoms with Gasteiger partial charge in [-0.05, 0) is 17.7 Å². The normalized spacial score (nSPS) is 11.5. The van der Waals surface area contributed by atoms with Gasteiger partial charge in [0.2, 0.25) is 0 Å². The summed E-state index contributed by atoms with van der Waals surface area (Å²) in [4.78, 5) is 4.07. The van der Waals surface area contributed by atoms with Crippen molar-refractivity contribution in [3.8, 4) is 0 Å². The second-order valence-corrected chi connectivity index (χ2v) is 4.38. The molecule has 0 aliphatic carbocycles. The predicted molar refractivity (Wildman–Crippen MR) is 68.7 cm³/mol. The molecule has 1 aromatic heterocycles. The first-order chi connectivity index (χ1) is 8.88. The zero-order valence-electron chi connectivity index (χ0n) is 9.69. The molecular formula is C12H10F3N3S. The number of hydrogen-bond donors (Lipinski definition) is 1.